The molecule has 2 N–H and O–H groups in total. The zero-order valence-corrected chi connectivity index (χ0v) is 12.1. The number of amides is 1. The summed E-state index contributed by atoms with van der Waals surface area (Å²) in [7, 11) is 0. The number of carbonyl (C=O) groups is 1. The van der Waals surface area contributed by atoms with Gasteiger partial charge in [0.15, 0.2) is 0 Å². The SMILES string of the molecule is CCNC(C)(C)C(=O)NC(C)c1ccccc1Cl. The molecule has 18 heavy (non-hydrogen) atoms. The number of likely N-dealkylation sites (N-methyl/N-ethyl adjacent to an activating group) is 1. The highest BCUT2D eigenvalue weighted by Crippen LogP contribution is 2.22. The van der Waals surface area contributed by atoms with E-state index in [1.807, 2.05) is 52.0 Å². The Balaban J connectivity index is 2.74. The first-order valence-corrected chi connectivity index (χ1v) is 6.56. The van der Waals surface area contributed by atoms with Gasteiger partial charge in [-0.3, -0.25) is 4.79 Å². The van der Waals surface area contributed by atoms with Crippen LogP contribution in [0.5, 0.6) is 0 Å². The molecule has 1 aromatic rings. The highest BCUT2D eigenvalue weighted by Gasteiger charge is 2.27. The lowest BCUT2D eigenvalue weighted by Crippen LogP contribution is -2.53. The molecular weight excluding hydrogens is 248 g/mol. The summed E-state index contributed by atoms with van der Waals surface area (Å²) in [4.78, 5) is 12.1. The van der Waals surface area contributed by atoms with Crippen LogP contribution in [0.25, 0.3) is 0 Å². The third-order valence-corrected chi connectivity index (χ3v) is 3.25. The van der Waals surface area contributed by atoms with Crippen LogP contribution in [0.3, 0.4) is 0 Å². The maximum atomic E-state index is 12.1. The van der Waals surface area contributed by atoms with Crippen molar-refractivity contribution in [1.82, 2.24) is 10.6 Å². The van der Waals surface area contributed by atoms with Crippen molar-refractivity contribution >= 4 is 17.5 Å². The Hall–Kier alpha value is -1.06. The second-order valence-corrected chi connectivity index (χ2v) is 5.28. The summed E-state index contributed by atoms with van der Waals surface area (Å²) in [5.74, 6) is -0.0308. The average Bonchev–Trinajstić information content (AvgIpc) is 2.29. The van der Waals surface area contributed by atoms with Crippen molar-refractivity contribution in [3.8, 4) is 0 Å². The van der Waals surface area contributed by atoms with Crippen LogP contribution in [0, 0.1) is 0 Å². The van der Waals surface area contributed by atoms with Gasteiger partial charge in [-0.25, -0.2) is 0 Å². The van der Waals surface area contributed by atoms with E-state index in [0.29, 0.717) is 5.02 Å². The number of hydrogen-bond donors (Lipinski definition) is 2. The maximum Gasteiger partial charge on any atom is 0.240 e. The fourth-order valence-electron chi connectivity index (χ4n) is 1.80. The molecule has 1 rings (SSSR count). The zero-order valence-electron chi connectivity index (χ0n) is 11.4. The lowest BCUT2D eigenvalue weighted by molar-refractivity contribution is -0.127. The summed E-state index contributed by atoms with van der Waals surface area (Å²) in [5.41, 5.74) is 0.351. The minimum absolute atomic E-state index is 0.0308. The summed E-state index contributed by atoms with van der Waals surface area (Å²) in [6.45, 7) is 8.39. The van der Waals surface area contributed by atoms with Crippen molar-refractivity contribution in [3.05, 3.63) is 34.9 Å². The molecular formula is C14H21ClN2O. The van der Waals surface area contributed by atoms with Crippen LogP contribution >= 0.6 is 11.6 Å². The average molecular weight is 269 g/mol. The van der Waals surface area contributed by atoms with Crippen LogP contribution in [-0.4, -0.2) is 18.0 Å². The van der Waals surface area contributed by atoms with Crippen molar-refractivity contribution in [1.29, 1.82) is 0 Å². The number of benzene rings is 1. The molecule has 1 aromatic carbocycles. The number of hydrogen-bond acceptors (Lipinski definition) is 2. The highest BCUT2D eigenvalue weighted by molar-refractivity contribution is 6.31. The molecule has 0 aliphatic carbocycles. The van der Waals surface area contributed by atoms with E-state index < -0.39 is 5.54 Å². The standard InChI is InChI=1S/C14H21ClN2O/c1-5-16-14(3,4)13(18)17-10(2)11-8-6-7-9-12(11)15/h6-10,16H,5H2,1-4H3,(H,17,18). The van der Waals surface area contributed by atoms with E-state index in [2.05, 4.69) is 10.6 Å². The Morgan fingerprint density at radius 3 is 2.56 bits per heavy atom. The van der Waals surface area contributed by atoms with Gasteiger partial charge in [-0.05, 0) is 38.9 Å². The van der Waals surface area contributed by atoms with Crippen molar-refractivity contribution in [2.75, 3.05) is 6.54 Å². The molecule has 0 aliphatic heterocycles. The first-order valence-electron chi connectivity index (χ1n) is 6.19. The predicted molar refractivity (Wildman–Crippen MR) is 75.8 cm³/mol. The third kappa shape index (κ3) is 3.72. The molecule has 100 valence electrons. The van der Waals surface area contributed by atoms with Gasteiger partial charge < -0.3 is 10.6 Å². The maximum absolute atomic E-state index is 12.1. The monoisotopic (exact) mass is 268 g/mol. The van der Waals surface area contributed by atoms with E-state index in [1.54, 1.807) is 0 Å². The van der Waals surface area contributed by atoms with Gasteiger partial charge in [0.2, 0.25) is 5.91 Å². The van der Waals surface area contributed by atoms with Crippen LogP contribution in [0.1, 0.15) is 39.3 Å². The Morgan fingerprint density at radius 2 is 2.00 bits per heavy atom. The van der Waals surface area contributed by atoms with Gasteiger partial charge in [-0.15, -0.1) is 0 Å². The molecule has 0 saturated carbocycles. The number of carbonyl (C=O) groups excluding carboxylic acids is 1. The number of halogens is 1. The number of rotatable bonds is 5. The zero-order chi connectivity index (χ0) is 13.8. The molecule has 0 spiro atoms. The van der Waals surface area contributed by atoms with Crippen molar-refractivity contribution in [3.63, 3.8) is 0 Å². The second-order valence-electron chi connectivity index (χ2n) is 4.87. The molecule has 0 aromatic heterocycles. The van der Waals surface area contributed by atoms with Gasteiger partial charge in [0, 0.05) is 5.02 Å². The van der Waals surface area contributed by atoms with E-state index in [-0.39, 0.29) is 11.9 Å². The third-order valence-electron chi connectivity index (χ3n) is 2.91. The topological polar surface area (TPSA) is 41.1 Å². The Kier molecular flexibility index (Phi) is 5.17. The molecule has 0 heterocycles. The van der Waals surface area contributed by atoms with E-state index in [0.717, 1.165) is 12.1 Å². The first-order chi connectivity index (χ1) is 8.38. The molecule has 0 aliphatic rings. The van der Waals surface area contributed by atoms with E-state index >= 15 is 0 Å². The summed E-state index contributed by atoms with van der Waals surface area (Å²) in [6, 6.07) is 7.44. The summed E-state index contributed by atoms with van der Waals surface area (Å²) in [6.07, 6.45) is 0. The van der Waals surface area contributed by atoms with Gasteiger partial charge in [0.1, 0.15) is 0 Å². The summed E-state index contributed by atoms with van der Waals surface area (Å²) >= 11 is 6.11. The minimum Gasteiger partial charge on any atom is -0.348 e. The number of nitrogens with one attached hydrogen (secondary N) is 2. The second kappa shape index (κ2) is 6.21. The predicted octanol–water partition coefficient (Wildman–Crippen LogP) is 2.91. The van der Waals surface area contributed by atoms with Crippen LogP contribution in [0.4, 0.5) is 0 Å². The van der Waals surface area contributed by atoms with Crippen LogP contribution in [-0.2, 0) is 4.79 Å². The van der Waals surface area contributed by atoms with Crippen LogP contribution in [0.2, 0.25) is 5.02 Å². The fourth-order valence-corrected chi connectivity index (χ4v) is 2.10. The summed E-state index contributed by atoms with van der Waals surface area (Å²) < 4.78 is 0. The molecule has 0 saturated heterocycles. The van der Waals surface area contributed by atoms with Crippen LogP contribution < -0.4 is 10.6 Å². The van der Waals surface area contributed by atoms with Crippen molar-refractivity contribution in [2.45, 2.75) is 39.3 Å². The Morgan fingerprint density at radius 1 is 1.39 bits per heavy atom. The molecule has 4 heteroatoms. The van der Waals surface area contributed by atoms with Crippen LogP contribution in [0.15, 0.2) is 24.3 Å². The van der Waals surface area contributed by atoms with E-state index in [4.69, 9.17) is 11.6 Å². The molecule has 1 atom stereocenters. The Labute approximate surface area is 114 Å². The van der Waals surface area contributed by atoms with Gasteiger partial charge in [0.25, 0.3) is 0 Å². The molecule has 1 unspecified atom stereocenters. The van der Waals surface area contributed by atoms with Gasteiger partial charge in [-0.1, -0.05) is 36.7 Å². The van der Waals surface area contributed by atoms with Gasteiger partial charge in [-0.2, -0.15) is 0 Å². The largest absolute Gasteiger partial charge is 0.348 e. The van der Waals surface area contributed by atoms with E-state index in [1.165, 1.54) is 0 Å². The van der Waals surface area contributed by atoms with Gasteiger partial charge >= 0.3 is 0 Å². The minimum atomic E-state index is -0.579. The molecule has 0 radical (unpaired) electrons. The quantitative estimate of drug-likeness (QED) is 0.862. The van der Waals surface area contributed by atoms with Crippen molar-refractivity contribution in [2.24, 2.45) is 0 Å². The lowest BCUT2D eigenvalue weighted by Gasteiger charge is -2.27. The first kappa shape index (κ1) is 15.0. The Bertz CT molecular complexity index is 418. The van der Waals surface area contributed by atoms with Crippen molar-refractivity contribution < 1.29 is 4.79 Å². The normalized spacial score (nSPS) is 13.2. The van der Waals surface area contributed by atoms with E-state index in [9.17, 15) is 4.79 Å². The molecule has 0 bridgehead atoms. The highest BCUT2D eigenvalue weighted by atomic mass is 35.5. The fraction of sp³-hybridized carbons (Fsp3) is 0.500. The smallest absolute Gasteiger partial charge is 0.240 e. The molecule has 0 fully saturated rings. The van der Waals surface area contributed by atoms with Gasteiger partial charge in [0.05, 0.1) is 11.6 Å². The summed E-state index contributed by atoms with van der Waals surface area (Å²) in [5, 5.41) is 6.80. The lowest BCUT2D eigenvalue weighted by atomic mass is 10.0. The molecule has 1 amide bonds. The molecule has 3 nitrogen and oxygen atoms in total.